The van der Waals surface area contributed by atoms with Crippen molar-refractivity contribution in [1.82, 2.24) is 9.78 Å². The summed E-state index contributed by atoms with van der Waals surface area (Å²) in [6, 6.07) is 15.0. The number of nitrogens with zero attached hydrogens (tertiary/aromatic N) is 2. The van der Waals surface area contributed by atoms with Gasteiger partial charge in [0.2, 0.25) is 0 Å². The Morgan fingerprint density at radius 3 is 2.66 bits per heavy atom. The summed E-state index contributed by atoms with van der Waals surface area (Å²) in [4.78, 5) is 12.0. The Morgan fingerprint density at radius 2 is 1.94 bits per heavy atom. The van der Waals surface area contributed by atoms with E-state index in [1.165, 1.54) is 7.11 Å². The molecule has 1 aliphatic carbocycles. The highest BCUT2D eigenvalue weighted by molar-refractivity contribution is 6.34. The van der Waals surface area contributed by atoms with Gasteiger partial charge in [0, 0.05) is 10.6 Å². The van der Waals surface area contributed by atoms with E-state index in [0.29, 0.717) is 27.5 Å². The molecular formula is C24H24Cl2N2O4. The Balaban J connectivity index is 1.72. The topological polar surface area (TPSA) is 62.6 Å². The zero-order valence-electron chi connectivity index (χ0n) is 18.1. The van der Waals surface area contributed by atoms with E-state index in [2.05, 4.69) is 0 Å². The van der Waals surface area contributed by atoms with Crippen molar-refractivity contribution in [2.24, 2.45) is 0 Å². The molecule has 8 heteroatoms. The number of esters is 1. The number of hydrogen-bond acceptors (Lipinski definition) is 5. The zero-order valence-corrected chi connectivity index (χ0v) is 19.6. The molecule has 1 heterocycles. The molecule has 32 heavy (non-hydrogen) atoms. The summed E-state index contributed by atoms with van der Waals surface area (Å²) >= 11 is 12.7. The van der Waals surface area contributed by atoms with E-state index in [1.807, 2.05) is 30.3 Å². The van der Waals surface area contributed by atoms with Gasteiger partial charge in [0.25, 0.3) is 0 Å². The lowest BCUT2D eigenvalue weighted by molar-refractivity contribution is -0.166. The Bertz CT molecular complexity index is 1140. The fourth-order valence-corrected chi connectivity index (χ4v) is 3.57. The van der Waals surface area contributed by atoms with Crippen LogP contribution in [0.15, 0.2) is 48.5 Å². The van der Waals surface area contributed by atoms with Gasteiger partial charge in [0.15, 0.2) is 5.60 Å². The summed E-state index contributed by atoms with van der Waals surface area (Å²) in [6.45, 7) is 3.42. The van der Waals surface area contributed by atoms with Crippen molar-refractivity contribution in [3.63, 3.8) is 0 Å². The second-order valence-corrected chi connectivity index (χ2v) is 9.01. The maximum Gasteiger partial charge on any atom is 0.337 e. The molecule has 6 nitrogen and oxygen atoms in total. The molecular weight excluding hydrogens is 451 g/mol. The molecule has 0 radical (unpaired) electrons. The normalized spacial score (nSPS) is 13.8. The molecule has 0 saturated heterocycles. The summed E-state index contributed by atoms with van der Waals surface area (Å²) in [7, 11) is 1.33. The van der Waals surface area contributed by atoms with E-state index in [9.17, 15) is 4.79 Å². The minimum Gasteiger partial charge on any atom is -0.490 e. The van der Waals surface area contributed by atoms with Crippen molar-refractivity contribution in [2.75, 3.05) is 7.11 Å². The molecule has 4 rings (SSSR count). The fraction of sp³-hybridized carbons (Fsp3) is 0.333. The molecule has 1 fully saturated rings. The third kappa shape index (κ3) is 5.09. The molecule has 2 aromatic carbocycles. The zero-order chi connectivity index (χ0) is 22.9. The Labute approximate surface area is 197 Å². The van der Waals surface area contributed by atoms with Crippen molar-refractivity contribution in [1.29, 1.82) is 0 Å². The minimum atomic E-state index is -1.11. The van der Waals surface area contributed by atoms with Crippen LogP contribution < -0.4 is 4.74 Å². The quantitative estimate of drug-likeness (QED) is 0.382. The van der Waals surface area contributed by atoms with Crippen LogP contribution in [0.3, 0.4) is 0 Å². The van der Waals surface area contributed by atoms with Crippen molar-refractivity contribution in [2.45, 2.75) is 45.0 Å². The van der Waals surface area contributed by atoms with Crippen molar-refractivity contribution < 1.29 is 19.0 Å². The minimum absolute atomic E-state index is 0.110. The third-order valence-electron chi connectivity index (χ3n) is 5.11. The molecule has 0 spiro atoms. The highest BCUT2D eigenvalue weighted by Gasteiger charge is 2.30. The van der Waals surface area contributed by atoms with Crippen molar-refractivity contribution in [3.8, 4) is 22.7 Å². The number of aromatic nitrogens is 2. The van der Waals surface area contributed by atoms with E-state index in [0.717, 1.165) is 29.8 Å². The van der Waals surface area contributed by atoms with Gasteiger partial charge in [-0.25, -0.2) is 9.48 Å². The van der Waals surface area contributed by atoms with Crippen LogP contribution in [-0.2, 0) is 20.9 Å². The Kier molecular flexibility index (Phi) is 6.47. The van der Waals surface area contributed by atoms with Gasteiger partial charge in [-0.2, -0.15) is 5.10 Å². The van der Waals surface area contributed by atoms with E-state index in [-0.39, 0.29) is 6.61 Å². The van der Waals surface area contributed by atoms with Gasteiger partial charge in [-0.15, -0.1) is 0 Å². The predicted octanol–water partition coefficient (Wildman–Crippen LogP) is 5.86. The average molecular weight is 475 g/mol. The van der Waals surface area contributed by atoms with Crippen LogP contribution in [0.5, 0.6) is 5.75 Å². The molecule has 0 bridgehead atoms. The molecule has 0 aliphatic heterocycles. The second-order valence-electron chi connectivity index (χ2n) is 8.16. The first kappa shape index (κ1) is 22.6. The van der Waals surface area contributed by atoms with E-state index >= 15 is 0 Å². The van der Waals surface area contributed by atoms with Crippen molar-refractivity contribution in [3.05, 3.63) is 64.3 Å². The third-order valence-corrected chi connectivity index (χ3v) is 5.67. The Morgan fingerprint density at radius 1 is 1.16 bits per heavy atom. The maximum atomic E-state index is 12.0. The summed E-state index contributed by atoms with van der Waals surface area (Å²) in [5.74, 6) is 0.347. The van der Waals surface area contributed by atoms with Crippen LogP contribution in [0, 0.1) is 0 Å². The van der Waals surface area contributed by atoms with Gasteiger partial charge >= 0.3 is 5.97 Å². The van der Waals surface area contributed by atoms with E-state index in [4.69, 9.17) is 42.5 Å². The molecule has 1 saturated carbocycles. The standard InChI is InChI=1S/C24H24Cl2N2O4/c1-24(2,23(29)30-3)31-14-17-13-21(15-5-4-6-19(11-15)32-18-8-9-18)28(27-17)22-12-16(25)7-10-20(22)26/h4-7,10-13,18H,8-9,14H2,1-3H3. The number of carbonyl (C=O) groups is 1. The van der Waals surface area contributed by atoms with Gasteiger partial charge in [0.1, 0.15) is 5.75 Å². The molecule has 168 valence electrons. The SMILES string of the molecule is COC(=O)C(C)(C)OCc1cc(-c2cccc(OC3CC3)c2)n(-c2cc(Cl)ccc2Cl)n1. The van der Waals surface area contributed by atoms with Gasteiger partial charge in [0.05, 0.1) is 41.9 Å². The van der Waals surface area contributed by atoms with E-state index in [1.54, 1.807) is 36.7 Å². The largest absolute Gasteiger partial charge is 0.490 e. The number of ether oxygens (including phenoxy) is 3. The van der Waals surface area contributed by atoms with Crippen LogP contribution in [-0.4, -0.2) is 34.6 Å². The van der Waals surface area contributed by atoms with Gasteiger partial charge in [-0.1, -0.05) is 35.3 Å². The lowest BCUT2D eigenvalue weighted by Gasteiger charge is -2.21. The van der Waals surface area contributed by atoms with Crippen LogP contribution in [0.25, 0.3) is 16.9 Å². The highest BCUT2D eigenvalue weighted by atomic mass is 35.5. The van der Waals surface area contributed by atoms with Gasteiger partial charge < -0.3 is 14.2 Å². The molecule has 0 unspecified atom stereocenters. The Hall–Kier alpha value is -2.54. The molecule has 3 aromatic rings. The molecule has 1 aromatic heterocycles. The number of rotatable bonds is 8. The first-order valence-corrected chi connectivity index (χ1v) is 11.1. The molecule has 0 amide bonds. The van der Waals surface area contributed by atoms with Crippen LogP contribution in [0.2, 0.25) is 10.0 Å². The summed E-state index contributed by atoms with van der Waals surface area (Å²) in [5, 5.41) is 5.75. The van der Waals surface area contributed by atoms with Gasteiger partial charge in [-0.05, 0) is 63.1 Å². The molecule has 0 atom stereocenters. The summed E-state index contributed by atoms with van der Waals surface area (Å²) in [6.07, 6.45) is 2.46. The number of hydrogen-bond donors (Lipinski definition) is 0. The summed E-state index contributed by atoms with van der Waals surface area (Å²) in [5.41, 5.74) is 1.86. The van der Waals surface area contributed by atoms with Crippen LogP contribution >= 0.6 is 23.2 Å². The first-order valence-electron chi connectivity index (χ1n) is 10.3. The number of halogens is 2. The molecule has 0 N–H and O–H groups in total. The lowest BCUT2D eigenvalue weighted by atomic mass is 10.1. The number of methoxy groups -OCH3 is 1. The first-order chi connectivity index (χ1) is 15.3. The smallest absolute Gasteiger partial charge is 0.337 e. The monoisotopic (exact) mass is 474 g/mol. The lowest BCUT2D eigenvalue weighted by Crippen LogP contribution is -2.35. The fourth-order valence-electron chi connectivity index (χ4n) is 3.20. The van der Waals surface area contributed by atoms with E-state index < -0.39 is 11.6 Å². The maximum absolute atomic E-state index is 12.0. The van der Waals surface area contributed by atoms with Crippen LogP contribution in [0.1, 0.15) is 32.4 Å². The van der Waals surface area contributed by atoms with Crippen molar-refractivity contribution >= 4 is 29.2 Å². The van der Waals surface area contributed by atoms with Gasteiger partial charge in [-0.3, -0.25) is 0 Å². The highest BCUT2D eigenvalue weighted by Crippen LogP contribution is 2.33. The number of carbonyl (C=O) groups excluding carboxylic acids is 1. The summed E-state index contributed by atoms with van der Waals surface area (Å²) < 4.78 is 18.3. The molecule has 1 aliphatic rings. The second kappa shape index (κ2) is 9.14. The average Bonchev–Trinajstić information content (AvgIpc) is 3.48. The predicted molar refractivity (Wildman–Crippen MR) is 124 cm³/mol. The number of benzene rings is 2. The van der Waals surface area contributed by atoms with Crippen LogP contribution in [0.4, 0.5) is 0 Å².